The fourth-order valence-electron chi connectivity index (χ4n) is 4.08. The molecule has 0 bridgehead atoms. The Labute approximate surface area is 223 Å². The highest BCUT2D eigenvalue weighted by Crippen LogP contribution is 2.29. The van der Waals surface area contributed by atoms with Crippen LogP contribution in [0.4, 0.5) is 10.5 Å². The molecule has 0 aromatic heterocycles. The fourth-order valence-corrected chi connectivity index (χ4v) is 4.35. The molecule has 0 saturated heterocycles. The van der Waals surface area contributed by atoms with Crippen LogP contribution in [0.5, 0.6) is 0 Å². The highest BCUT2D eigenvalue weighted by Gasteiger charge is 2.32. The van der Waals surface area contributed by atoms with E-state index in [-0.39, 0.29) is 42.0 Å². The zero-order chi connectivity index (χ0) is 23.4. The third-order valence-corrected chi connectivity index (χ3v) is 6.64. The Balaban J connectivity index is 0.00000544. The summed E-state index contributed by atoms with van der Waals surface area (Å²) in [6, 6.07) is 18.1. The number of quaternary nitrogens is 1. The van der Waals surface area contributed by atoms with E-state index in [0.29, 0.717) is 13.0 Å². The number of methoxy groups -OCH3 is 1. The number of carbonyl (C=O) groups is 2. The minimum Gasteiger partial charge on any atom is -1.00 e. The average Bonchev–Trinajstić information content (AvgIpc) is 2.82. The van der Waals surface area contributed by atoms with Crippen molar-refractivity contribution in [1.29, 1.82) is 0 Å². The number of anilines is 1. The lowest BCUT2D eigenvalue weighted by Crippen LogP contribution is -3.00. The molecule has 0 fully saturated rings. The first-order valence-corrected chi connectivity index (χ1v) is 12.0. The molecule has 0 spiro atoms. The summed E-state index contributed by atoms with van der Waals surface area (Å²) in [6.07, 6.45) is 2.04. The summed E-state index contributed by atoms with van der Waals surface area (Å²) >= 11 is 3.39. The average molecular weight is 632 g/mol. The highest BCUT2D eigenvalue weighted by atomic mass is 127. The predicted octanol–water partition coefficient (Wildman–Crippen LogP) is 2.52. The van der Waals surface area contributed by atoms with Crippen molar-refractivity contribution in [2.75, 3.05) is 38.6 Å². The number of benzene rings is 2. The van der Waals surface area contributed by atoms with Crippen LogP contribution in [-0.2, 0) is 9.53 Å². The van der Waals surface area contributed by atoms with Gasteiger partial charge in [-0.05, 0) is 38.1 Å². The number of carbonyl (C=O) groups excluding carboxylic acids is 2. The van der Waals surface area contributed by atoms with E-state index >= 15 is 0 Å². The van der Waals surface area contributed by atoms with Crippen LogP contribution in [0.25, 0.3) is 0 Å². The molecule has 0 aliphatic carbocycles. The molecule has 1 unspecified atom stereocenters. The molecule has 0 heterocycles. The molecule has 2 N–H and O–H groups in total. The summed E-state index contributed by atoms with van der Waals surface area (Å²) in [5.41, 5.74) is 2.04. The summed E-state index contributed by atoms with van der Waals surface area (Å²) in [4.78, 5) is 23.9. The third-order valence-electron chi connectivity index (χ3n) is 6.11. The van der Waals surface area contributed by atoms with Gasteiger partial charge in [0.1, 0.15) is 6.04 Å². The lowest BCUT2D eigenvalue weighted by atomic mass is 10.0. The summed E-state index contributed by atoms with van der Waals surface area (Å²) in [5, 5.41) is 5.81. The van der Waals surface area contributed by atoms with Gasteiger partial charge in [0.05, 0.1) is 33.2 Å². The van der Waals surface area contributed by atoms with Gasteiger partial charge in [-0.3, -0.25) is 4.79 Å². The number of nitrogens with zero attached hydrogens (tertiary/aromatic N) is 1. The molecule has 0 aliphatic rings. The van der Waals surface area contributed by atoms with Crippen molar-refractivity contribution in [2.45, 2.75) is 39.2 Å². The first kappa shape index (κ1) is 29.4. The number of halogens is 2. The van der Waals surface area contributed by atoms with Gasteiger partial charge >= 0.3 is 12.0 Å². The summed E-state index contributed by atoms with van der Waals surface area (Å²) < 4.78 is 6.65. The molecule has 6 nitrogen and oxygen atoms in total. The van der Waals surface area contributed by atoms with Crippen LogP contribution in [0.15, 0.2) is 59.1 Å². The van der Waals surface area contributed by atoms with Crippen LogP contribution in [0.3, 0.4) is 0 Å². The maximum absolute atomic E-state index is 12.2. The molecule has 182 valence electrons. The van der Waals surface area contributed by atoms with Crippen molar-refractivity contribution >= 4 is 33.6 Å². The molecule has 2 amide bonds. The first-order valence-electron chi connectivity index (χ1n) is 11.2. The van der Waals surface area contributed by atoms with E-state index in [1.165, 1.54) is 12.7 Å². The molecule has 2 rings (SSSR count). The lowest BCUT2D eigenvalue weighted by molar-refractivity contribution is -0.954. The second kappa shape index (κ2) is 15.3. The van der Waals surface area contributed by atoms with Gasteiger partial charge in [0.2, 0.25) is 0 Å². The molecule has 8 heteroatoms. The highest BCUT2D eigenvalue weighted by molar-refractivity contribution is 9.10. The molecule has 33 heavy (non-hydrogen) atoms. The maximum atomic E-state index is 12.2. The van der Waals surface area contributed by atoms with Crippen molar-refractivity contribution in [1.82, 2.24) is 5.32 Å². The van der Waals surface area contributed by atoms with Gasteiger partial charge in [-0.15, -0.1) is 0 Å². The standard InChI is InChI=1S/C25H34BrN3O3.HI/c1-4-29(18-8-12-24(30)32-3,20(2)21-10-6-5-7-11-21)19-9-17-27-25(31)28-23-15-13-22(26)14-16-23;/h5-7,10-11,13-16,20H,4,8-9,12,17-19H2,1-3H3,(H-,27,28,31);1H/t20-,29?;/m0./s1. The van der Waals surface area contributed by atoms with Crippen LogP contribution in [0, 0.1) is 0 Å². The topological polar surface area (TPSA) is 67.4 Å². The normalized spacial score (nSPS) is 13.2. The van der Waals surface area contributed by atoms with Gasteiger partial charge in [-0.25, -0.2) is 4.79 Å². The Hall–Kier alpha value is -1.65. The Kier molecular flexibility index (Phi) is 13.6. The minimum absolute atomic E-state index is 0. The zero-order valence-corrected chi connectivity index (χ0v) is 23.4. The molecular weight excluding hydrogens is 597 g/mol. The summed E-state index contributed by atoms with van der Waals surface area (Å²) in [6.45, 7) is 7.78. The number of amides is 2. The molecule has 2 aromatic carbocycles. The van der Waals surface area contributed by atoms with Crippen LogP contribution < -0.4 is 34.6 Å². The van der Waals surface area contributed by atoms with E-state index in [2.05, 4.69) is 64.7 Å². The van der Waals surface area contributed by atoms with E-state index in [1.807, 2.05) is 30.3 Å². The fraction of sp³-hybridized carbons (Fsp3) is 0.440. The number of rotatable bonds is 12. The van der Waals surface area contributed by atoms with E-state index < -0.39 is 0 Å². The van der Waals surface area contributed by atoms with Crippen molar-refractivity contribution in [3.63, 3.8) is 0 Å². The number of nitrogens with one attached hydrogen (secondary N) is 2. The predicted molar refractivity (Wildman–Crippen MR) is 132 cm³/mol. The number of ether oxygens (including phenoxy) is 1. The van der Waals surface area contributed by atoms with E-state index in [9.17, 15) is 9.59 Å². The Morgan fingerprint density at radius 1 is 1.03 bits per heavy atom. The number of hydrogen-bond acceptors (Lipinski definition) is 3. The van der Waals surface area contributed by atoms with Gasteiger partial charge in [0, 0.05) is 35.1 Å². The van der Waals surface area contributed by atoms with Crippen LogP contribution in [-0.4, -0.2) is 49.8 Å². The second-order valence-corrected chi connectivity index (χ2v) is 8.91. The largest absolute Gasteiger partial charge is 1.00 e. The first-order chi connectivity index (χ1) is 15.4. The van der Waals surface area contributed by atoms with Gasteiger partial charge in [-0.1, -0.05) is 46.3 Å². The smallest absolute Gasteiger partial charge is 0.319 e. The monoisotopic (exact) mass is 631 g/mol. The molecule has 2 atom stereocenters. The minimum atomic E-state index is -0.205. The molecular formula is C25H35BrIN3O3. The van der Waals surface area contributed by atoms with Gasteiger partial charge < -0.3 is 43.8 Å². The summed E-state index contributed by atoms with van der Waals surface area (Å²) in [5.74, 6) is -0.169. The molecule has 0 aliphatic heterocycles. The summed E-state index contributed by atoms with van der Waals surface area (Å²) in [7, 11) is 1.43. The Morgan fingerprint density at radius 3 is 2.27 bits per heavy atom. The van der Waals surface area contributed by atoms with Crippen LogP contribution in [0.2, 0.25) is 0 Å². The van der Waals surface area contributed by atoms with Gasteiger partial charge in [-0.2, -0.15) is 0 Å². The SMILES string of the molecule is CC[N+](CCCNC(=O)Nc1ccc(Br)cc1)(CCCC(=O)OC)[C@@H](C)c1ccccc1.[I-]. The van der Waals surface area contributed by atoms with Crippen LogP contribution in [0.1, 0.15) is 44.7 Å². The number of urea groups is 1. The maximum Gasteiger partial charge on any atom is 0.319 e. The van der Waals surface area contributed by atoms with E-state index in [4.69, 9.17) is 4.74 Å². The van der Waals surface area contributed by atoms with Gasteiger partial charge in [0.15, 0.2) is 0 Å². The van der Waals surface area contributed by atoms with E-state index in [1.54, 1.807) is 0 Å². The third kappa shape index (κ3) is 9.62. The van der Waals surface area contributed by atoms with Gasteiger partial charge in [0.25, 0.3) is 0 Å². The number of esters is 1. The molecule has 0 saturated carbocycles. The Morgan fingerprint density at radius 2 is 1.67 bits per heavy atom. The lowest BCUT2D eigenvalue weighted by Gasteiger charge is -2.43. The quantitative estimate of drug-likeness (QED) is 0.164. The van der Waals surface area contributed by atoms with Crippen molar-refractivity contribution in [3.8, 4) is 0 Å². The Bertz CT molecular complexity index is 852. The molecule has 2 aromatic rings. The second-order valence-electron chi connectivity index (χ2n) is 7.99. The van der Waals surface area contributed by atoms with Crippen molar-refractivity contribution in [3.05, 3.63) is 64.6 Å². The van der Waals surface area contributed by atoms with Crippen LogP contribution >= 0.6 is 15.9 Å². The number of hydrogen-bond donors (Lipinski definition) is 2. The zero-order valence-electron chi connectivity index (χ0n) is 19.7. The van der Waals surface area contributed by atoms with Crippen molar-refractivity contribution < 1.29 is 42.8 Å². The van der Waals surface area contributed by atoms with Crippen molar-refractivity contribution in [2.24, 2.45) is 0 Å². The molecule has 0 radical (unpaired) electrons. The van der Waals surface area contributed by atoms with E-state index in [0.717, 1.165) is 47.1 Å².